The van der Waals surface area contributed by atoms with Crippen LogP contribution in [0, 0.1) is 0 Å². The van der Waals surface area contributed by atoms with Crippen molar-refractivity contribution in [1.82, 2.24) is 10.3 Å². The Hall–Kier alpha value is -1.39. The summed E-state index contributed by atoms with van der Waals surface area (Å²) in [6.45, 7) is 5.14. The average molecular weight is 301 g/mol. The van der Waals surface area contributed by atoms with Gasteiger partial charge in [-0.2, -0.15) is 11.3 Å². The van der Waals surface area contributed by atoms with Gasteiger partial charge in [0.05, 0.1) is 0 Å². The van der Waals surface area contributed by atoms with Gasteiger partial charge in [-0.05, 0) is 59.8 Å². The first-order chi connectivity index (χ1) is 10.4. The summed E-state index contributed by atoms with van der Waals surface area (Å²) in [6, 6.07) is 7.27. The highest BCUT2D eigenvalue weighted by molar-refractivity contribution is 7.07. The third-order valence-corrected chi connectivity index (χ3v) is 4.51. The van der Waals surface area contributed by atoms with Crippen LogP contribution in [0.5, 0.6) is 0 Å². The summed E-state index contributed by atoms with van der Waals surface area (Å²) in [4.78, 5) is 7.14. The number of thiophene rings is 1. The van der Waals surface area contributed by atoms with E-state index in [-0.39, 0.29) is 0 Å². The smallest absolute Gasteiger partial charge is 0.129 e. The minimum absolute atomic E-state index is 0.682. The van der Waals surface area contributed by atoms with E-state index in [1.54, 1.807) is 11.3 Å². The molecule has 3 rings (SSSR count). The summed E-state index contributed by atoms with van der Waals surface area (Å²) in [6.07, 6.45) is 5.78. The van der Waals surface area contributed by atoms with E-state index in [4.69, 9.17) is 0 Å². The van der Waals surface area contributed by atoms with Gasteiger partial charge in [-0.3, -0.25) is 0 Å². The van der Waals surface area contributed by atoms with E-state index < -0.39 is 0 Å². The third-order valence-electron chi connectivity index (χ3n) is 3.78. The molecule has 1 N–H and O–H groups in total. The monoisotopic (exact) mass is 301 g/mol. The first-order valence-corrected chi connectivity index (χ1v) is 8.74. The minimum Gasteiger partial charge on any atom is -0.349 e. The molecule has 0 amide bonds. The van der Waals surface area contributed by atoms with Crippen LogP contribution < -0.4 is 10.2 Å². The molecule has 1 saturated carbocycles. The largest absolute Gasteiger partial charge is 0.349 e. The number of hydrogen-bond acceptors (Lipinski definition) is 4. The second-order valence-electron chi connectivity index (χ2n) is 5.69. The number of rotatable bonds is 8. The number of aromatic nitrogens is 1. The fourth-order valence-corrected chi connectivity index (χ4v) is 3.12. The van der Waals surface area contributed by atoms with Gasteiger partial charge in [0, 0.05) is 25.3 Å². The Morgan fingerprint density at radius 3 is 2.81 bits per heavy atom. The lowest BCUT2D eigenvalue weighted by molar-refractivity contribution is 0.673. The molecule has 1 aliphatic carbocycles. The molecule has 4 heteroatoms. The number of hydrogen-bond donors (Lipinski definition) is 1. The van der Waals surface area contributed by atoms with Crippen LogP contribution in [0.3, 0.4) is 0 Å². The van der Waals surface area contributed by atoms with E-state index in [1.165, 1.54) is 30.4 Å². The molecule has 1 fully saturated rings. The van der Waals surface area contributed by atoms with Gasteiger partial charge in [-0.15, -0.1) is 0 Å². The van der Waals surface area contributed by atoms with Gasteiger partial charge in [-0.1, -0.05) is 13.0 Å². The molecule has 3 nitrogen and oxygen atoms in total. The predicted molar refractivity (Wildman–Crippen MR) is 89.8 cm³/mol. The van der Waals surface area contributed by atoms with Crippen molar-refractivity contribution in [1.29, 1.82) is 0 Å². The van der Waals surface area contributed by atoms with Crippen molar-refractivity contribution in [2.24, 2.45) is 0 Å². The van der Waals surface area contributed by atoms with Gasteiger partial charge in [0.2, 0.25) is 0 Å². The van der Waals surface area contributed by atoms with Gasteiger partial charge < -0.3 is 10.2 Å². The standard InChI is InChI=1S/C17H23N3S/c1-2-8-18-10-14-3-6-17(19-11-14)20(16-4-5-16)12-15-7-9-21-13-15/h3,6-7,9,11,13,16,18H,2,4-5,8,10,12H2,1H3. The van der Waals surface area contributed by atoms with E-state index in [0.29, 0.717) is 6.04 Å². The predicted octanol–water partition coefficient (Wildman–Crippen LogP) is 3.81. The number of nitrogens with zero attached hydrogens (tertiary/aromatic N) is 2. The molecule has 0 radical (unpaired) electrons. The molecule has 2 aromatic heterocycles. The van der Waals surface area contributed by atoms with E-state index in [9.17, 15) is 0 Å². The zero-order chi connectivity index (χ0) is 14.5. The van der Waals surface area contributed by atoms with Crippen molar-refractivity contribution < 1.29 is 0 Å². The van der Waals surface area contributed by atoms with Crippen LogP contribution in [-0.2, 0) is 13.1 Å². The van der Waals surface area contributed by atoms with E-state index in [0.717, 1.165) is 25.5 Å². The van der Waals surface area contributed by atoms with Gasteiger partial charge in [-0.25, -0.2) is 4.98 Å². The van der Waals surface area contributed by atoms with E-state index >= 15 is 0 Å². The first kappa shape index (κ1) is 14.5. The lowest BCUT2D eigenvalue weighted by Gasteiger charge is -2.23. The van der Waals surface area contributed by atoms with Crippen molar-refractivity contribution in [3.63, 3.8) is 0 Å². The summed E-state index contributed by atoms with van der Waals surface area (Å²) in [5, 5.41) is 7.80. The molecule has 2 heterocycles. The molecular weight excluding hydrogens is 278 g/mol. The maximum absolute atomic E-state index is 4.69. The van der Waals surface area contributed by atoms with Gasteiger partial charge in [0.25, 0.3) is 0 Å². The zero-order valence-electron chi connectivity index (χ0n) is 12.6. The van der Waals surface area contributed by atoms with Crippen molar-refractivity contribution in [2.75, 3.05) is 11.4 Å². The molecular formula is C17H23N3S. The Balaban J connectivity index is 1.65. The third kappa shape index (κ3) is 4.05. The summed E-state index contributed by atoms with van der Waals surface area (Å²) < 4.78 is 0. The molecule has 112 valence electrons. The molecule has 0 spiro atoms. The van der Waals surface area contributed by atoms with Crippen LogP contribution in [0.4, 0.5) is 5.82 Å². The molecule has 0 atom stereocenters. The van der Waals surface area contributed by atoms with Crippen LogP contribution in [0.1, 0.15) is 37.3 Å². The van der Waals surface area contributed by atoms with Crippen molar-refractivity contribution >= 4 is 17.2 Å². The normalized spacial score (nSPS) is 14.3. The lowest BCUT2D eigenvalue weighted by atomic mass is 10.2. The quantitative estimate of drug-likeness (QED) is 0.751. The maximum atomic E-state index is 4.69. The topological polar surface area (TPSA) is 28.2 Å². The first-order valence-electron chi connectivity index (χ1n) is 7.80. The summed E-state index contributed by atoms with van der Waals surface area (Å²) in [7, 11) is 0. The molecule has 0 unspecified atom stereocenters. The van der Waals surface area contributed by atoms with Gasteiger partial charge in [0.15, 0.2) is 0 Å². The van der Waals surface area contributed by atoms with Crippen molar-refractivity contribution in [2.45, 2.75) is 45.3 Å². The van der Waals surface area contributed by atoms with Crippen LogP contribution in [-0.4, -0.2) is 17.6 Å². The summed E-state index contributed by atoms with van der Waals surface area (Å²) in [5.74, 6) is 1.11. The van der Waals surface area contributed by atoms with Crippen LogP contribution in [0.25, 0.3) is 0 Å². The zero-order valence-corrected chi connectivity index (χ0v) is 13.4. The van der Waals surface area contributed by atoms with E-state index in [2.05, 4.69) is 51.1 Å². The average Bonchev–Trinajstić information content (AvgIpc) is 3.23. The molecule has 0 aliphatic heterocycles. The fraction of sp³-hybridized carbons (Fsp3) is 0.471. The molecule has 0 bridgehead atoms. The van der Waals surface area contributed by atoms with E-state index in [1.807, 2.05) is 6.20 Å². The minimum atomic E-state index is 0.682. The highest BCUT2D eigenvalue weighted by atomic mass is 32.1. The number of anilines is 1. The van der Waals surface area contributed by atoms with Gasteiger partial charge >= 0.3 is 0 Å². The van der Waals surface area contributed by atoms with Gasteiger partial charge in [0.1, 0.15) is 5.82 Å². The Bertz CT molecular complexity index is 532. The second-order valence-corrected chi connectivity index (χ2v) is 6.47. The highest BCUT2D eigenvalue weighted by Gasteiger charge is 2.30. The molecule has 21 heavy (non-hydrogen) atoms. The van der Waals surface area contributed by atoms with Crippen LogP contribution in [0.15, 0.2) is 35.2 Å². The number of nitrogens with one attached hydrogen (secondary N) is 1. The Morgan fingerprint density at radius 2 is 2.19 bits per heavy atom. The maximum Gasteiger partial charge on any atom is 0.129 e. The van der Waals surface area contributed by atoms with Crippen LogP contribution in [0.2, 0.25) is 0 Å². The Labute approximate surface area is 131 Å². The second kappa shape index (κ2) is 7.05. The SMILES string of the molecule is CCCNCc1ccc(N(Cc2ccsc2)C2CC2)nc1. The molecule has 2 aromatic rings. The molecule has 0 aromatic carbocycles. The molecule has 0 saturated heterocycles. The highest BCUT2D eigenvalue weighted by Crippen LogP contribution is 2.32. The Morgan fingerprint density at radius 1 is 1.29 bits per heavy atom. The van der Waals surface area contributed by atoms with Crippen molar-refractivity contribution in [3.05, 3.63) is 46.3 Å². The van der Waals surface area contributed by atoms with Crippen molar-refractivity contribution in [3.8, 4) is 0 Å². The summed E-state index contributed by atoms with van der Waals surface area (Å²) in [5.41, 5.74) is 2.65. The summed E-state index contributed by atoms with van der Waals surface area (Å²) >= 11 is 1.77. The Kier molecular flexibility index (Phi) is 4.88. The fourth-order valence-electron chi connectivity index (χ4n) is 2.46. The van der Waals surface area contributed by atoms with Crippen LogP contribution >= 0.6 is 11.3 Å². The lowest BCUT2D eigenvalue weighted by Crippen LogP contribution is -2.25. The molecule has 1 aliphatic rings. The number of pyridine rings is 1.